The molecule has 2 bridgehead atoms. The highest BCUT2D eigenvalue weighted by Crippen LogP contribution is 2.26. The van der Waals surface area contributed by atoms with Crippen LogP contribution in [0.4, 0.5) is 5.95 Å². The van der Waals surface area contributed by atoms with E-state index in [-0.39, 0.29) is 11.8 Å². The summed E-state index contributed by atoms with van der Waals surface area (Å²) in [6, 6.07) is 3.47. The fourth-order valence-corrected chi connectivity index (χ4v) is 2.72. The summed E-state index contributed by atoms with van der Waals surface area (Å²) in [5.41, 5.74) is 0.772. The minimum Gasteiger partial charge on any atom is -0.488 e. The fraction of sp³-hybridized carbons (Fsp3) is 0.333. The van der Waals surface area contributed by atoms with Crippen LogP contribution in [0.25, 0.3) is 17.0 Å². The van der Waals surface area contributed by atoms with E-state index >= 15 is 0 Å². The third-order valence-electron chi connectivity index (χ3n) is 3.94. The van der Waals surface area contributed by atoms with E-state index in [2.05, 4.69) is 19.9 Å². The Labute approximate surface area is 131 Å². The van der Waals surface area contributed by atoms with Gasteiger partial charge >= 0.3 is 5.69 Å². The molecule has 1 unspecified atom stereocenters. The van der Waals surface area contributed by atoms with Gasteiger partial charge in [-0.05, 0) is 6.92 Å². The Kier molecular flexibility index (Phi) is 3.03. The van der Waals surface area contributed by atoms with E-state index in [4.69, 9.17) is 4.74 Å². The Morgan fingerprint density at radius 3 is 3.00 bits per heavy atom. The second-order valence-corrected chi connectivity index (χ2v) is 5.63. The highest BCUT2D eigenvalue weighted by atomic mass is 16.5. The number of H-pyrrole nitrogens is 1. The Bertz CT molecular complexity index is 931. The van der Waals surface area contributed by atoms with Crippen molar-refractivity contribution in [3.8, 4) is 11.6 Å². The van der Waals surface area contributed by atoms with Crippen molar-refractivity contribution in [1.29, 1.82) is 0 Å². The van der Waals surface area contributed by atoms with Crippen molar-refractivity contribution >= 4 is 17.1 Å². The van der Waals surface area contributed by atoms with Gasteiger partial charge < -0.3 is 9.64 Å². The Balaban J connectivity index is 2.06. The predicted octanol–water partition coefficient (Wildman–Crippen LogP) is 1.11. The summed E-state index contributed by atoms with van der Waals surface area (Å²) in [5.74, 6) is 1.68. The van der Waals surface area contributed by atoms with Crippen molar-refractivity contribution in [1.82, 2.24) is 24.5 Å². The van der Waals surface area contributed by atoms with Crippen molar-refractivity contribution in [2.75, 3.05) is 18.5 Å². The van der Waals surface area contributed by atoms with E-state index in [1.165, 1.54) is 4.57 Å². The molecule has 1 N–H and O–H groups in total. The first-order valence-electron chi connectivity index (χ1n) is 7.44. The SMILES string of the molecule is CC1CCN(C)c2nccc(n2)-n2c(=O)[nH]c3nccc(c32)O1. The number of rotatable bonds is 0. The number of nitrogens with one attached hydrogen (secondary N) is 1. The Hall–Kier alpha value is -2.90. The Morgan fingerprint density at radius 2 is 2.13 bits per heavy atom. The van der Waals surface area contributed by atoms with Crippen molar-refractivity contribution in [2.24, 2.45) is 0 Å². The van der Waals surface area contributed by atoms with Gasteiger partial charge in [0.1, 0.15) is 17.1 Å². The molecule has 8 heteroatoms. The van der Waals surface area contributed by atoms with Crippen molar-refractivity contribution < 1.29 is 4.74 Å². The quantitative estimate of drug-likeness (QED) is 0.669. The Morgan fingerprint density at radius 1 is 1.30 bits per heavy atom. The van der Waals surface area contributed by atoms with Crippen molar-refractivity contribution in [2.45, 2.75) is 19.4 Å². The number of nitrogens with zero attached hydrogens (tertiary/aromatic N) is 5. The van der Waals surface area contributed by atoms with Gasteiger partial charge in [-0.1, -0.05) is 0 Å². The van der Waals surface area contributed by atoms with Gasteiger partial charge in [0.2, 0.25) is 5.95 Å². The maximum absolute atomic E-state index is 12.4. The number of imidazole rings is 1. The molecule has 4 rings (SSSR count). The molecule has 0 aromatic carbocycles. The lowest BCUT2D eigenvalue weighted by Crippen LogP contribution is -2.26. The predicted molar refractivity (Wildman–Crippen MR) is 85.3 cm³/mol. The molecule has 0 amide bonds. The van der Waals surface area contributed by atoms with Gasteiger partial charge in [-0.2, -0.15) is 4.98 Å². The molecule has 3 aromatic heterocycles. The third-order valence-corrected chi connectivity index (χ3v) is 3.94. The molecule has 118 valence electrons. The van der Waals surface area contributed by atoms with Crippen LogP contribution in [0.15, 0.2) is 29.3 Å². The molecule has 3 aromatic rings. The van der Waals surface area contributed by atoms with E-state index < -0.39 is 0 Å². The minimum absolute atomic E-state index is 0.0157. The molecule has 4 heterocycles. The topological polar surface area (TPSA) is 88.9 Å². The molecule has 1 aliphatic heterocycles. The van der Waals surface area contributed by atoms with Crippen LogP contribution in [0.1, 0.15) is 13.3 Å². The summed E-state index contributed by atoms with van der Waals surface area (Å²) in [4.78, 5) is 30.1. The molecule has 0 fully saturated rings. The third kappa shape index (κ3) is 2.23. The second kappa shape index (κ2) is 5.08. The lowest BCUT2D eigenvalue weighted by Gasteiger charge is -2.19. The van der Waals surface area contributed by atoms with E-state index in [1.54, 1.807) is 24.5 Å². The molecule has 0 aliphatic carbocycles. The average Bonchev–Trinajstić information content (AvgIpc) is 2.88. The summed E-state index contributed by atoms with van der Waals surface area (Å²) < 4.78 is 7.53. The van der Waals surface area contributed by atoms with Crippen LogP contribution in [0.3, 0.4) is 0 Å². The number of fused-ring (bicyclic) bond motifs is 3. The number of anilines is 1. The minimum atomic E-state index is -0.303. The van der Waals surface area contributed by atoms with Crippen LogP contribution >= 0.6 is 0 Å². The van der Waals surface area contributed by atoms with E-state index in [0.29, 0.717) is 28.7 Å². The van der Waals surface area contributed by atoms with Crippen LogP contribution in [0.2, 0.25) is 0 Å². The van der Waals surface area contributed by atoms with Gasteiger partial charge in [0.25, 0.3) is 0 Å². The van der Waals surface area contributed by atoms with Crippen molar-refractivity contribution in [3.05, 3.63) is 35.0 Å². The van der Waals surface area contributed by atoms with Gasteiger partial charge in [-0.3, -0.25) is 4.98 Å². The van der Waals surface area contributed by atoms with E-state index in [9.17, 15) is 4.79 Å². The maximum Gasteiger partial charge on any atom is 0.333 e. The number of ether oxygens (including phenoxy) is 1. The maximum atomic E-state index is 12.4. The lowest BCUT2D eigenvalue weighted by molar-refractivity contribution is 0.215. The fourth-order valence-electron chi connectivity index (χ4n) is 2.72. The molecule has 0 saturated heterocycles. The van der Waals surface area contributed by atoms with Crippen molar-refractivity contribution in [3.63, 3.8) is 0 Å². The van der Waals surface area contributed by atoms with Crippen LogP contribution in [-0.4, -0.2) is 44.2 Å². The summed E-state index contributed by atoms with van der Waals surface area (Å²) in [7, 11) is 1.92. The van der Waals surface area contributed by atoms with E-state index in [1.807, 2.05) is 18.9 Å². The van der Waals surface area contributed by atoms with Crippen LogP contribution in [0.5, 0.6) is 5.75 Å². The smallest absolute Gasteiger partial charge is 0.333 e. The average molecular weight is 312 g/mol. The van der Waals surface area contributed by atoms with Crippen LogP contribution in [0, 0.1) is 0 Å². The standard InChI is InChI=1S/C15H16N6O2/c1-9-5-8-20(2)14-17-7-4-11(18-14)21-12-10(23-9)3-6-16-13(12)19-15(21)22/h3-4,6-7,9H,5,8H2,1-2H3,(H,16,19,22). The second-order valence-electron chi connectivity index (χ2n) is 5.63. The molecule has 8 nitrogen and oxygen atoms in total. The van der Waals surface area contributed by atoms with Gasteiger partial charge in [-0.15, -0.1) is 0 Å². The highest BCUT2D eigenvalue weighted by Gasteiger charge is 2.19. The molecule has 0 spiro atoms. The number of aromatic nitrogens is 5. The zero-order chi connectivity index (χ0) is 16.0. The molecule has 1 aliphatic rings. The summed E-state index contributed by atoms with van der Waals surface area (Å²) in [6.07, 6.45) is 4.07. The zero-order valence-electron chi connectivity index (χ0n) is 12.9. The number of aromatic amines is 1. The van der Waals surface area contributed by atoms with Crippen LogP contribution < -0.4 is 15.3 Å². The first-order valence-corrected chi connectivity index (χ1v) is 7.44. The normalized spacial score (nSPS) is 17.7. The molecule has 0 saturated carbocycles. The lowest BCUT2D eigenvalue weighted by atomic mass is 10.2. The summed E-state index contributed by atoms with van der Waals surface area (Å²) in [5, 5.41) is 0. The van der Waals surface area contributed by atoms with Crippen LogP contribution in [-0.2, 0) is 0 Å². The molecule has 1 atom stereocenters. The molecular weight excluding hydrogens is 296 g/mol. The zero-order valence-corrected chi connectivity index (χ0v) is 12.9. The largest absolute Gasteiger partial charge is 0.488 e. The molecular formula is C15H16N6O2. The first kappa shape index (κ1) is 13.7. The number of hydrogen-bond acceptors (Lipinski definition) is 6. The molecule has 23 heavy (non-hydrogen) atoms. The number of hydrogen-bond donors (Lipinski definition) is 1. The summed E-state index contributed by atoms with van der Waals surface area (Å²) in [6.45, 7) is 2.76. The van der Waals surface area contributed by atoms with Gasteiger partial charge in [-0.25, -0.2) is 19.3 Å². The van der Waals surface area contributed by atoms with Gasteiger partial charge in [0.05, 0.1) is 6.10 Å². The van der Waals surface area contributed by atoms with E-state index in [0.717, 1.165) is 13.0 Å². The monoisotopic (exact) mass is 312 g/mol. The highest BCUT2D eigenvalue weighted by molar-refractivity contribution is 5.80. The van der Waals surface area contributed by atoms with Gasteiger partial charge in [0, 0.05) is 44.5 Å². The summed E-state index contributed by atoms with van der Waals surface area (Å²) >= 11 is 0. The van der Waals surface area contributed by atoms with Gasteiger partial charge in [0.15, 0.2) is 5.65 Å². The first-order chi connectivity index (χ1) is 11.1. The number of pyridine rings is 1. The molecule has 0 radical (unpaired) electrons.